The molecule has 0 aliphatic rings. The molecule has 8 nitrogen and oxygen atoms in total. The molecule has 3 N–H and O–H groups in total. The van der Waals surface area contributed by atoms with Crippen molar-refractivity contribution < 1.29 is 4.92 Å². The summed E-state index contributed by atoms with van der Waals surface area (Å²) in [5.74, 6) is 6.06. The van der Waals surface area contributed by atoms with Gasteiger partial charge < -0.3 is 4.90 Å². The summed E-state index contributed by atoms with van der Waals surface area (Å²) in [7, 11) is 0. The topological polar surface area (TPSA) is 110 Å². The molecule has 1 heterocycles. The number of aromatic nitrogens is 2. The molecule has 0 fully saturated rings. The molecule has 0 radical (unpaired) electrons. The van der Waals surface area contributed by atoms with E-state index in [4.69, 9.17) is 5.84 Å². The van der Waals surface area contributed by atoms with Gasteiger partial charge in [-0.1, -0.05) is 13.8 Å². The number of nitrogens with two attached hydrogens (primary N) is 1. The molecule has 1 aromatic heterocycles. The van der Waals surface area contributed by atoms with Crippen molar-refractivity contribution in [2.45, 2.75) is 33.7 Å². The fourth-order valence-electron chi connectivity index (χ4n) is 1.71. The lowest BCUT2D eigenvalue weighted by molar-refractivity contribution is -0.384. The van der Waals surface area contributed by atoms with Crippen LogP contribution in [0.1, 0.15) is 27.7 Å². The monoisotopic (exact) mass is 268 g/mol. The Hall–Kier alpha value is -1.96. The Kier molecular flexibility index (Phi) is 4.99. The van der Waals surface area contributed by atoms with Crippen LogP contribution in [-0.2, 0) is 0 Å². The van der Waals surface area contributed by atoms with Gasteiger partial charge in [-0.05, 0) is 19.8 Å². The summed E-state index contributed by atoms with van der Waals surface area (Å²) in [6.07, 6.45) is 1.17. The summed E-state index contributed by atoms with van der Waals surface area (Å²) < 4.78 is 0. The maximum absolute atomic E-state index is 11.1. The Morgan fingerprint density at radius 2 is 2.11 bits per heavy atom. The van der Waals surface area contributed by atoms with Gasteiger partial charge in [-0.3, -0.25) is 15.5 Å². The second-order valence-electron chi connectivity index (χ2n) is 4.94. The Bertz CT molecular complexity index is 449. The van der Waals surface area contributed by atoms with Crippen LogP contribution in [0.2, 0.25) is 0 Å². The molecule has 8 heteroatoms. The molecule has 0 saturated carbocycles. The van der Waals surface area contributed by atoms with E-state index < -0.39 is 4.92 Å². The van der Waals surface area contributed by atoms with Crippen molar-refractivity contribution in [2.75, 3.05) is 16.9 Å². The van der Waals surface area contributed by atoms with E-state index >= 15 is 0 Å². The van der Waals surface area contributed by atoms with E-state index in [1.807, 2.05) is 32.6 Å². The van der Waals surface area contributed by atoms with Crippen LogP contribution in [0.3, 0.4) is 0 Å². The lowest BCUT2D eigenvalue weighted by atomic mass is 10.1. The predicted molar refractivity (Wildman–Crippen MR) is 73.8 cm³/mol. The van der Waals surface area contributed by atoms with E-state index in [1.165, 1.54) is 6.20 Å². The predicted octanol–water partition coefficient (Wildman–Crippen LogP) is 1.54. The third-order valence-electron chi connectivity index (χ3n) is 2.53. The molecule has 1 rings (SSSR count). The first-order valence-corrected chi connectivity index (χ1v) is 6.11. The maximum atomic E-state index is 11.1. The standard InChI is InChI=1S/C11H20N6O2/c1-7(2)6-16(8(3)4)10-9(17(18)19)5-13-11(14-10)15-12/h5,7-8H,6,12H2,1-4H3,(H,13,14,15). The second kappa shape index (κ2) is 6.28. The molecule has 19 heavy (non-hydrogen) atoms. The zero-order valence-electron chi connectivity index (χ0n) is 11.6. The number of anilines is 2. The number of nitro groups is 1. The number of hydrogen-bond acceptors (Lipinski definition) is 7. The van der Waals surface area contributed by atoms with Gasteiger partial charge in [-0.2, -0.15) is 4.98 Å². The van der Waals surface area contributed by atoms with Gasteiger partial charge in [0, 0.05) is 12.6 Å². The number of hydrazine groups is 1. The van der Waals surface area contributed by atoms with Crippen LogP contribution in [0, 0.1) is 16.0 Å². The highest BCUT2D eigenvalue weighted by atomic mass is 16.6. The Morgan fingerprint density at radius 1 is 1.47 bits per heavy atom. The van der Waals surface area contributed by atoms with Gasteiger partial charge in [-0.25, -0.2) is 10.8 Å². The average molecular weight is 268 g/mol. The lowest BCUT2D eigenvalue weighted by Gasteiger charge is -2.29. The van der Waals surface area contributed by atoms with Gasteiger partial charge in [0.2, 0.25) is 11.8 Å². The third kappa shape index (κ3) is 3.75. The van der Waals surface area contributed by atoms with Crippen molar-refractivity contribution in [1.82, 2.24) is 9.97 Å². The van der Waals surface area contributed by atoms with Gasteiger partial charge in [0.1, 0.15) is 6.20 Å². The Labute approximate surface area is 112 Å². The zero-order chi connectivity index (χ0) is 14.6. The van der Waals surface area contributed by atoms with Crippen LogP contribution < -0.4 is 16.2 Å². The van der Waals surface area contributed by atoms with E-state index in [1.54, 1.807) is 0 Å². The first-order valence-electron chi connectivity index (χ1n) is 6.11. The van der Waals surface area contributed by atoms with Gasteiger partial charge in [0.25, 0.3) is 0 Å². The zero-order valence-corrected chi connectivity index (χ0v) is 11.6. The van der Waals surface area contributed by atoms with Crippen molar-refractivity contribution in [3.63, 3.8) is 0 Å². The molecule has 0 aliphatic carbocycles. The normalized spacial score (nSPS) is 10.9. The smallest absolute Gasteiger partial charge is 0.329 e. The van der Waals surface area contributed by atoms with Crippen molar-refractivity contribution >= 4 is 17.5 Å². The molecular weight excluding hydrogens is 248 g/mol. The summed E-state index contributed by atoms with van der Waals surface area (Å²) in [6, 6.07) is 0.0848. The van der Waals surface area contributed by atoms with Crippen LogP contribution >= 0.6 is 0 Å². The number of rotatable bonds is 6. The molecule has 0 bridgehead atoms. The van der Waals surface area contributed by atoms with Crippen LogP contribution in [0.25, 0.3) is 0 Å². The highest BCUT2D eigenvalue weighted by molar-refractivity contribution is 5.59. The molecule has 0 amide bonds. The quantitative estimate of drug-likeness (QED) is 0.457. The van der Waals surface area contributed by atoms with E-state index in [0.717, 1.165) is 0 Å². The SMILES string of the molecule is CC(C)CN(c1nc(NN)ncc1[N+](=O)[O-])C(C)C. The Balaban J connectivity index is 3.28. The van der Waals surface area contributed by atoms with Crippen molar-refractivity contribution in [2.24, 2.45) is 11.8 Å². The molecular formula is C11H20N6O2. The minimum absolute atomic E-state index is 0.0848. The van der Waals surface area contributed by atoms with E-state index in [-0.39, 0.29) is 23.5 Å². The van der Waals surface area contributed by atoms with Gasteiger partial charge in [0.05, 0.1) is 4.92 Å². The molecule has 0 atom stereocenters. The summed E-state index contributed by atoms with van der Waals surface area (Å²) in [6.45, 7) is 8.68. The molecule has 0 unspecified atom stereocenters. The number of nitrogens with zero attached hydrogens (tertiary/aromatic N) is 4. The number of nitrogens with one attached hydrogen (secondary N) is 1. The highest BCUT2D eigenvalue weighted by Crippen LogP contribution is 2.28. The van der Waals surface area contributed by atoms with E-state index in [2.05, 4.69) is 15.4 Å². The summed E-state index contributed by atoms with van der Waals surface area (Å²) in [5.41, 5.74) is 2.19. The van der Waals surface area contributed by atoms with E-state index in [9.17, 15) is 10.1 Å². The average Bonchev–Trinajstić information content (AvgIpc) is 2.34. The van der Waals surface area contributed by atoms with E-state index in [0.29, 0.717) is 12.5 Å². The molecule has 0 aliphatic heterocycles. The summed E-state index contributed by atoms with van der Waals surface area (Å²) >= 11 is 0. The number of nitrogen functional groups attached to an aromatic ring is 1. The Morgan fingerprint density at radius 3 is 2.53 bits per heavy atom. The van der Waals surface area contributed by atoms with Crippen molar-refractivity contribution in [3.05, 3.63) is 16.3 Å². The van der Waals surface area contributed by atoms with Crippen LogP contribution in [0.4, 0.5) is 17.5 Å². The first kappa shape index (κ1) is 15.1. The summed E-state index contributed by atoms with van der Waals surface area (Å²) in [4.78, 5) is 20.4. The third-order valence-corrected chi connectivity index (χ3v) is 2.53. The van der Waals surface area contributed by atoms with Gasteiger partial charge in [-0.15, -0.1) is 0 Å². The fraction of sp³-hybridized carbons (Fsp3) is 0.636. The van der Waals surface area contributed by atoms with Crippen LogP contribution in [0.5, 0.6) is 0 Å². The molecule has 1 aromatic rings. The lowest BCUT2D eigenvalue weighted by Crippen LogP contribution is -2.35. The maximum Gasteiger partial charge on any atom is 0.329 e. The second-order valence-corrected chi connectivity index (χ2v) is 4.94. The first-order chi connectivity index (χ1) is 8.86. The number of hydrogen-bond donors (Lipinski definition) is 2. The minimum Gasteiger partial charge on any atom is -0.348 e. The fourth-order valence-corrected chi connectivity index (χ4v) is 1.71. The minimum atomic E-state index is -0.481. The van der Waals surface area contributed by atoms with Crippen molar-refractivity contribution in [3.8, 4) is 0 Å². The largest absolute Gasteiger partial charge is 0.348 e. The molecule has 0 saturated heterocycles. The van der Waals surface area contributed by atoms with Gasteiger partial charge in [0.15, 0.2) is 0 Å². The molecule has 0 aromatic carbocycles. The van der Waals surface area contributed by atoms with Gasteiger partial charge >= 0.3 is 5.69 Å². The highest BCUT2D eigenvalue weighted by Gasteiger charge is 2.25. The molecule has 0 spiro atoms. The summed E-state index contributed by atoms with van der Waals surface area (Å²) in [5, 5.41) is 11.1. The van der Waals surface area contributed by atoms with Crippen LogP contribution in [0.15, 0.2) is 6.20 Å². The van der Waals surface area contributed by atoms with Crippen molar-refractivity contribution in [1.29, 1.82) is 0 Å². The van der Waals surface area contributed by atoms with Crippen LogP contribution in [-0.4, -0.2) is 27.5 Å². The molecule has 106 valence electrons.